The topological polar surface area (TPSA) is 54.5 Å². The molecular formula is C20H19NO3S3. The van der Waals surface area contributed by atoms with Crippen LogP contribution in [0.2, 0.25) is 0 Å². The van der Waals surface area contributed by atoms with E-state index in [4.69, 9.17) is 0 Å². The molecule has 140 valence electrons. The number of hydrogen-bond acceptors (Lipinski definition) is 5. The molecule has 0 unspecified atom stereocenters. The fourth-order valence-corrected chi connectivity index (χ4v) is 6.34. The van der Waals surface area contributed by atoms with E-state index in [1.54, 1.807) is 41.7 Å². The van der Waals surface area contributed by atoms with Crippen LogP contribution in [-0.2, 0) is 16.3 Å². The van der Waals surface area contributed by atoms with Crippen molar-refractivity contribution < 1.29 is 13.2 Å². The molecule has 3 aromatic rings. The van der Waals surface area contributed by atoms with E-state index < -0.39 is 9.84 Å². The largest absolute Gasteiger partial charge is 0.326 e. The molecule has 1 aliphatic heterocycles. The summed E-state index contributed by atoms with van der Waals surface area (Å²) in [5.74, 6) is -0.129. The van der Waals surface area contributed by atoms with Gasteiger partial charge in [-0.3, -0.25) is 4.79 Å². The highest BCUT2D eigenvalue weighted by molar-refractivity contribution is 7.90. The molecule has 4 nitrogen and oxygen atoms in total. The fourth-order valence-electron chi connectivity index (χ4n) is 3.59. The van der Waals surface area contributed by atoms with Gasteiger partial charge in [0.1, 0.15) is 0 Å². The zero-order valence-corrected chi connectivity index (χ0v) is 17.5. The summed E-state index contributed by atoms with van der Waals surface area (Å²) in [7, 11) is -3.38. The van der Waals surface area contributed by atoms with Gasteiger partial charge in [-0.25, -0.2) is 8.42 Å². The standard InChI is InChI=1S/C20H19NO3S3/c1-13-5-6-14(12-18(13)27(2,23)24)20(22)21-9-7-16-15(8-11-26-16)19(21)17-4-3-10-25-17/h3-6,8,10-12,19H,7,9H2,1-2H3/t19-/m1/s1. The van der Waals surface area contributed by atoms with Gasteiger partial charge in [0.2, 0.25) is 0 Å². The lowest BCUT2D eigenvalue weighted by atomic mass is 9.97. The van der Waals surface area contributed by atoms with Gasteiger partial charge in [-0.05, 0) is 59.5 Å². The van der Waals surface area contributed by atoms with Crippen LogP contribution >= 0.6 is 22.7 Å². The number of carbonyl (C=O) groups is 1. The van der Waals surface area contributed by atoms with E-state index in [1.807, 2.05) is 16.3 Å². The molecule has 27 heavy (non-hydrogen) atoms. The normalized spacial score (nSPS) is 17.0. The van der Waals surface area contributed by atoms with Crippen LogP contribution in [0.3, 0.4) is 0 Å². The van der Waals surface area contributed by atoms with Crippen LogP contribution in [0, 0.1) is 6.92 Å². The molecule has 2 aromatic heterocycles. The van der Waals surface area contributed by atoms with Crippen LogP contribution in [0.15, 0.2) is 52.1 Å². The van der Waals surface area contributed by atoms with Crippen LogP contribution in [0.1, 0.15) is 37.3 Å². The van der Waals surface area contributed by atoms with E-state index in [1.165, 1.54) is 22.8 Å². The Morgan fingerprint density at radius 3 is 2.67 bits per heavy atom. The van der Waals surface area contributed by atoms with Gasteiger partial charge in [0.05, 0.1) is 10.9 Å². The molecule has 0 aliphatic carbocycles. The SMILES string of the molecule is Cc1ccc(C(=O)N2CCc3sccc3[C@@H]2c2cccs2)cc1S(C)(=O)=O. The number of carbonyl (C=O) groups excluding carboxylic acids is 1. The second-order valence-corrected chi connectivity index (χ2v) is 10.7. The lowest BCUT2D eigenvalue weighted by Crippen LogP contribution is -2.39. The van der Waals surface area contributed by atoms with E-state index in [0.29, 0.717) is 17.7 Å². The van der Waals surface area contributed by atoms with E-state index in [2.05, 4.69) is 17.5 Å². The van der Waals surface area contributed by atoms with Crippen LogP contribution in [-0.4, -0.2) is 32.0 Å². The van der Waals surface area contributed by atoms with Crippen molar-refractivity contribution in [3.8, 4) is 0 Å². The minimum atomic E-state index is -3.38. The van der Waals surface area contributed by atoms with Crippen LogP contribution < -0.4 is 0 Å². The first-order valence-corrected chi connectivity index (χ1v) is 12.2. The first kappa shape index (κ1) is 18.4. The van der Waals surface area contributed by atoms with Crippen molar-refractivity contribution in [2.75, 3.05) is 12.8 Å². The molecule has 1 aliphatic rings. The highest BCUT2D eigenvalue weighted by atomic mass is 32.2. The third-order valence-electron chi connectivity index (χ3n) is 4.87. The summed E-state index contributed by atoms with van der Waals surface area (Å²) >= 11 is 3.37. The second-order valence-electron chi connectivity index (χ2n) is 6.72. The number of nitrogens with zero attached hydrogens (tertiary/aromatic N) is 1. The lowest BCUT2D eigenvalue weighted by molar-refractivity contribution is 0.0698. The zero-order chi connectivity index (χ0) is 19.2. The van der Waals surface area contributed by atoms with E-state index in [0.717, 1.165) is 11.3 Å². The minimum absolute atomic E-state index is 0.115. The van der Waals surface area contributed by atoms with Gasteiger partial charge >= 0.3 is 0 Å². The average Bonchev–Trinajstić information content (AvgIpc) is 3.31. The molecule has 0 fully saturated rings. The molecule has 1 aromatic carbocycles. The number of thiophene rings is 2. The summed E-state index contributed by atoms with van der Waals surface area (Å²) in [6, 6.07) is 11.0. The van der Waals surface area contributed by atoms with E-state index in [-0.39, 0.29) is 16.8 Å². The van der Waals surface area contributed by atoms with Crippen molar-refractivity contribution in [3.05, 3.63) is 73.6 Å². The number of rotatable bonds is 3. The van der Waals surface area contributed by atoms with Crippen molar-refractivity contribution in [2.24, 2.45) is 0 Å². The number of benzene rings is 1. The average molecular weight is 418 g/mol. The van der Waals surface area contributed by atoms with E-state index in [9.17, 15) is 13.2 Å². The minimum Gasteiger partial charge on any atom is -0.326 e. The molecule has 3 heterocycles. The summed E-state index contributed by atoms with van der Waals surface area (Å²) in [4.78, 5) is 17.9. The Kier molecular flexibility index (Phi) is 4.70. The predicted octanol–water partition coefficient (Wildman–Crippen LogP) is 4.31. The monoisotopic (exact) mass is 417 g/mol. The maximum absolute atomic E-state index is 13.4. The maximum Gasteiger partial charge on any atom is 0.254 e. The second kappa shape index (κ2) is 6.89. The van der Waals surface area contributed by atoms with Crippen molar-refractivity contribution in [1.29, 1.82) is 0 Å². The number of aryl methyl sites for hydroxylation is 1. The molecule has 1 amide bonds. The van der Waals surface area contributed by atoms with E-state index >= 15 is 0 Å². The summed E-state index contributed by atoms with van der Waals surface area (Å²) in [6.07, 6.45) is 2.00. The van der Waals surface area contributed by atoms with Gasteiger partial charge in [-0.15, -0.1) is 22.7 Å². The molecule has 0 radical (unpaired) electrons. The Labute approximate surface area is 167 Å². The van der Waals surface area contributed by atoms with Crippen LogP contribution in [0.25, 0.3) is 0 Å². The Morgan fingerprint density at radius 1 is 1.15 bits per heavy atom. The highest BCUT2D eigenvalue weighted by Gasteiger charge is 2.34. The van der Waals surface area contributed by atoms with Crippen molar-refractivity contribution in [2.45, 2.75) is 24.3 Å². The number of sulfone groups is 1. The predicted molar refractivity (Wildman–Crippen MR) is 110 cm³/mol. The van der Waals surface area contributed by atoms with Crippen molar-refractivity contribution in [1.82, 2.24) is 4.90 Å². The van der Waals surface area contributed by atoms with Gasteiger partial charge in [0.25, 0.3) is 5.91 Å². The van der Waals surface area contributed by atoms with Gasteiger partial charge < -0.3 is 4.90 Å². The lowest BCUT2D eigenvalue weighted by Gasteiger charge is -2.35. The first-order valence-electron chi connectivity index (χ1n) is 8.57. The quantitative estimate of drug-likeness (QED) is 0.638. The number of hydrogen-bond donors (Lipinski definition) is 0. The van der Waals surface area contributed by atoms with Gasteiger partial charge in [0.15, 0.2) is 9.84 Å². The number of amides is 1. The molecule has 0 saturated heterocycles. The van der Waals surface area contributed by atoms with Gasteiger partial charge in [0, 0.05) is 28.1 Å². The number of fused-ring (bicyclic) bond motifs is 1. The Bertz CT molecular complexity index is 1100. The van der Waals surface area contributed by atoms with Crippen molar-refractivity contribution >= 4 is 38.4 Å². The third kappa shape index (κ3) is 3.35. The molecule has 7 heteroatoms. The molecule has 0 bridgehead atoms. The molecule has 0 spiro atoms. The maximum atomic E-state index is 13.4. The Balaban J connectivity index is 1.77. The zero-order valence-electron chi connectivity index (χ0n) is 15.0. The Hall–Kier alpha value is -1.96. The smallest absolute Gasteiger partial charge is 0.254 e. The molecular weight excluding hydrogens is 398 g/mol. The molecule has 4 rings (SSSR count). The third-order valence-corrected chi connectivity index (χ3v) is 8.03. The highest BCUT2D eigenvalue weighted by Crippen LogP contribution is 2.40. The molecule has 1 atom stereocenters. The Morgan fingerprint density at radius 2 is 1.96 bits per heavy atom. The van der Waals surface area contributed by atoms with Crippen LogP contribution in [0.4, 0.5) is 0 Å². The summed E-state index contributed by atoms with van der Waals surface area (Å²) in [5.41, 5.74) is 2.25. The van der Waals surface area contributed by atoms with Gasteiger partial charge in [-0.1, -0.05) is 12.1 Å². The molecule has 0 saturated carbocycles. The fraction of sp³-hybridized carbons (Fsp3) is 0.250. The summed E-state index contributed by atoms with van der Waals surface area (Å²) < 4.78 is 24.1. The summed E-state index contributed by atoms with van der Waals surface area (Å²) in [5, 5.41) is 4.10. The van der Waals surface area contributed by atoms with Crippen LogP contribution in [0.5, 0.6) is 0 Å². The van der Waals surface area contributed by atoms with Gasteiger partial charge in [-0.2, -0.15) is 0 Å². The summed E-state index contributed by atoms with van der Waals surface area (Å²) in [6.45, 7) is 2.37. The first-order chi connectivity index (χ1) is 12.9. The molecule has 0 N–H and O–H groups in total. The van der Waals surface area contributed by atoms with Crippen molar-refractivity contribution in [3.63, 3.8) is 0 Å².